The first-order chi connectivity index (χ1) is 16.5. The third-order valence-electron chi connectivity index (χ3n) is 4.57. The number of nitrogens with one attached hydrogen (secondary N) is 2. The number of ether oxygens (including phenoxy) is 2. The molecule has 2 N–H and O–H groups in total. The number of nitrogens with zero attached hydrogens (tertiary/aromatic N) is 1. The molecule has 0 atom stereocenters. The van der Waals surface area contributed by atoms with Crippen molar-refractivity contribution in [2.75, 3.05) is 13.7 Å². The highest BCUT2D eigenvalue weighted by atomic mass is 79.9. The topological polar surface area (TPSA) is 89.0 Å². The van der Waals surface area contributed by atoms with E-state index in [9.17, 15) is 9.59 Å². The zero-order chi connectivity index (χ0) is 24.2. The molecule has 7 nitrogen and oxygen atoms in total. The number of carbonyl (C=O) groups excluding carboxylic acids is 2. The van der Waals surface area contributed by atoms with Gasteiger partial charge in [-0.25, -0.2) is 5.43 Å². The van der Waals surface area contributed by atoms with Gasteiger partial charge < -0.3 is 14.8 Å². The monoisotopic (exact) mass is 521 g/mol. The van der Waals surface area contributed by atoms with Crippen LogP contribution >= 0.6 is 15.9 Å². The van der Waals surface area contributed by atoms with Gasteiger partial charge in [-0.1, -0.05) is 58.4 Å². The normalized spacial score (nSPS) is 10.9. The van der Waals surface area contributed by atoms with Crippen molar-refractivity contribution in [1.82, 2.24) is 10.7 Å². The maximum absolute atomic E-state index is 12.0. The van der Waals surface area contributed by atoms with Gasteiger partial charge >= 0.3 is 0 Å². The summed E-state index contributed by atoms with van der Waals surface area (Å²) in [7, 11) is 1.59. The Balaban J connectivity index is 1.47. The average molecular weight is 522 g/mol. The Morgan fingerprint density at radius 1 is 1.03 bits per heavy atom. The van der Waals surface area contributed by atoms with E-state index in [0.29, 0.717) is 17.9 Å². The Morgan fingerprint density at radius 2 is 1.79 bits per heavy atom. The SMILES string of the molecule is COc1ccc(/C=C/C(=O)NCC(=O)N/N=C\c2cc(Br)ccc2OCc2ccccc2)cc1. The Labute approximate surface area is 206 Å². The number of hydrazone groups is 1. The van der Waals surface area contributed by atoms with Crippen LogP contribution in [-0.4, -0.2) is 31.7 Å². The summed E-state index contributed by atoms with van der Waals surface area (Å²) in [4.78, 5) is 24.0. The van der Waals surface area contributed by atoms with Crippen molar-refractivity contribution < 1.29 is 19.1 Å². The molecule has 0 aliphatic carbocycles. The predicted molar refractivity (Wildman–Crippen MR) is 136 cm³/mol. The molecular weight excluding hydrogens is 498 g/mol. The second-order valence-electron chi connectivity index (χ2n) is 7.07. The van der Waals surface area contributed by atoms with E-state index in [2.05, 4.69) is 31.8 Å². The maximum atomic E-state index is 12.0. The van der Waals surface area contributed by atoms with Crippen molar-refractivity contribution in [1.29, 1.82) is 0 Å². The van der Waals surface area contributed by atoms with Gasteiger partial charge in [0.1, 0.15) is 18.1 Å². The number of methoxy groups -OCH3 is 1. The highest BCUT2D eigenvalue weighted by Crippen LogP contribution is 2.22. The standard InChI is InChI=1S/C26H24BrN3O4/c1-33-23-11-7-19(8-12-23)9-14-25(31)28-17-26(32)30-29-16-21-15-22(27)10-13-24(21)34-18-20-5-3-2-4-6-20/h2-16H,17-18H2,1H3,(H,28,31)(H,30,32)/b14-9+,29-16-. The fourth-order valence-corrected chi connectivity index (χ4v) is 3.19. The minimum Gasteiger partial charge on any atom is -0.497 e. The fourth-order valence-electron chi connectivity index (χ4n) is 2.81. The molecule has 0 radical (unpaired) electrons. The van der Waals surface area contributed by atoms with Crippen LogP contribution in [0, 0.1) is 0 Å². The molecule has 0 unspecified atom stereocenters. The van der Waals surface area contributed by atoms with Crippen molar-refractivity contribution in [2.24, 2.45) is 5.10 Å². The van der Waals surface area contributed by atoms with Crippen LogP contribution in [0.4, 0.5) is 0 Å². The van der Waals surface area contributed by atoms with Crippen LogP contribution in [0.3, 0.4) is 0 Å². The molecule has 34 heavy (non-hydrogen) atoms. The Bertz CT molecular complexity index is 1160. The molecule has 2 amide bonds. The van der Waals surface area contributed by atoms with Gasteiger partial charge in [0.2, 0.25) is 5.91 Å². The quantitative estimate of drug-likeness (QED) is 0.236. The molecule has 0 fully saturated rings. The fraction of sp³-hybridized carbons (Fsp3) is 0.115. The lowest BCUT2D eigenvalue weighted by molar-refractivity contribution is -0.123. The molecule has 0 saturated carbocycles. The number of benzene rings is 3. The summed E-state index contributed by atoms with van der Waals surface area (Å²) in [5.41, 5.74) is 4.97. The molecule has 8 heteroatoms. The minimum atomic E-state index is -0.454. The summed E-state index contributed by atoms with van der Waals surface area (Å²) >= 11 is 3.43. The van der Waals surface area contributed by atoms with Crippen LogP contribution in [0.1, 0.15) is 16.7 Å². The molecular formula is C26H24BrN3O4. The van der Waals surface area contributed by atoms with Crippen LogP contribution in [0.25, 0.3) is 6.08 Å². The number of hydrogen-bond acceptors (Lipinski definition) is 5. The summed E-state index contributed by atoms with van der Waals surface area (Å²) in [5.74, 6) is 0.515. The van der Waals surface area contributed by atoms with Gasteiger partial charge in [-0.15, -0.1) is 0 Å². The van der Waals surface area contributed by atoms with E-state index in [-0.39, 0.29) is 6.54 Å². The summed E-state index contributed by atoms with van der Waals surface area (Å²) in [6.45, 7) is 0.199. The third-order valence-corrected chi connectivity index (χ3v) is 5.06. The van der Waals surface area contributed by atoms with E-state index in [0.717, 1.165) is 21.3 Å². The lowest BCUT2D eigenvalue weighted by Crippen LogP contribution is -2.34. The van der Waals surface area contributed by atoms with Crippen LogP contribution in [0.2, 0.25) is 0 Å². The van der Waals surface area contributed by atoms with Gasteiger partial charge in [-0.3, -0.25) is 9.59 Å². The predicted octanol–water partition coefficient (Wildman–Crippen LogP) is 4.32. The van der Waals surface area contributed by atoms with Gasteiger partial charge in [0.15, 0.2) is 0 Å². The molecule has 3 rings (SSSR count). The highest BCUT2D eigenvalue weighted by Gasteiger charge is 2.05. The number of rotatable bonds is 10. The first-order valence-corrected chi connectivity index (χ1v) is 11.2. The van der Waals surface area contributed by atoms with Crippen molar-refractivity contribution in [3.63, 3.8) is 0 Å². The van der Waals surface area contributed by atoms with E-state index in [1.165, 1.54) is 12.3 Å². The summed E-state index contributed by atoms with van der Waals surface area (Å²) in [6, 6.07) is 22.6. The van der Waals surface area contributed by atoms with E-state index in [1.54, 1.807) is 25.3 Å². The first kappa shape index (κ1) is 24.7. The van der Waals surface area contributed by atoms with E-state index in [1.807, 2.05) is 60.7 Å². The van der Waals surface area contributed by atoms with Gasteiger partial charge in [0, 0.05) is 16.1 Å². The smallest absolute Gasteiger partial charge is 0.259 e. The summed E-state index contributed by atoms with van der Waals surface area (Å²) in [6.07, 6.45) is 4.50. The van der Waals surface area contributed by atoms with Crippen molar-refractivity contribution in [2.45, 2.75) is 6.61 Å². The van der Waals surface area contributed by atoms with Crippen LogP contribution in [-0.2, 0) is 16.2 Å². The molecule has 0 bridgehead atoms. The average Bonchev–Trinajstić information content (AvgIpc) is 2.86. The number of carbonyl (C=O) groups is 2. The van der Waals surface area contributed by atoms with Crippen molar-refractivity contribution >= 4 is 40.0 Å². The molecule has 0 heterocycles. The number of amides is 2. The van der Waals surface area contributed by atoms with Crippen LogP contribution < -0.4 is 20.2 Å². The summed E-state index contributed by atoms with van der Waals surface area (Å²) < 4.78 is 11.8. The van der Waals surface area contributed by atoms with Gasteiger partial charge in [-0.05, 0) is 47.5 Å². The summed E-state index contributed by atoms with van der Waals surface area (Å²) in [5, 5.41) is 6.49. The zero-order valence-electron chi connectivity index (χ0n) is 18.5. The second-order valence-corrected chi connectivity index (χ2v) is 7.99. The van der Waals surface area contributed by atoms with E-state index < -0.39 is 11.8 Å². The molecule has 0 aliphatic heterocycles. The minimum absolute atomic E-state index is 0.209. The van der Waals surface area contributed by atoms with Crippen molar-refractivity contribution in [3.8, 4) is 11.5 Å². The molecule has 0 spiro atoms. The largest absolute Gasteiger partial charge is 0.497 e. The molecule has 3 aromatic rings. The Morgan fingerprint density at radius 3 is 2.53 bits per heavy atom. The van der Waals surface area contributed by atoms with Gasteiger partial charge in [0.25, 0.3) is 5.91 Å². The lowest BCUT2D eigenvalue weighted by Gasteiger charge is -2.09. The van der Waals surface area contributed by atoms with E-state index in [4.69, 9.17) is 9.47 Å². The molecule has 0 aromatic heterocycles. The number of halogens is 1. The second kappa shape index (κ2) is 13.0. The van der Waals surface area contributed by atoms with Gasteiger partial charge in [-0.2, -0.15) is 5.10 Å². The van der Waals surface area contributed by atoms with Crippen LogP contribution in [0.15, 0.2) is 88.4 Å². The maximum Gasteiger partial charge on any atom is 0.259 e. The first-order valence-electron chi connectivity index (χ1n) is 10.4. The molecule has 174 valence electrons. The lowest BCUT2D eigenvalue weighted by atomic mass is 10.2. The molecule has 0 aliphatic rings. The number of hydrogen-bond donors (Lipinski definition) is 2. The highest BCUT2D eigenvalue weighted by molar-refractivity contribution is 9.10. The van der Waals surface area contributed by atoms with Crippen molar-refractivity contribution in [3.05, 3.63) is 100 Å². The Hall–Kier alpha value is -3.91. The third kappa shape index (κ3) is 8.22. The molecule has 0 saturated heterocycles. The van der Waals surface area contributed by atoms with Gasteiger partial charge in [0.05, 0.1) is 19.9 Å². The Kier molecular flexibility index (Phi) is 9.42. The van der Waals surface area contributed by atoms with Crippen LogP contribution in [0.5, 0.6) is 11.5 Å². The zero-order valence-corrected chi connectivity index (χ0v) is 20.1. The van der Waals surface area contributed by atoms with E-state index >= 15 is 0 Å². The molecule has 3 aromatic carbocycles.